The number of sulfonamides is 1. The van der Waals surface area contributed by atoms with Gasteiger partial charge in [-0.05, 0) is 11.4 Å². The summed E-state index contributed by atoms with van der Waals surface area (Å²) in [5.74, 6) is 0.251. The maximum Gasteiger partial charge on any atom is 0.433 e. The van der Waals surface area contributed by atoms with E-state index in [1.807, 2.05) is 20.8 Å². The molecule has 0 bridgehead atoms. The molecule has 0 amide bonds. The Hall–Kier alpha value is -2.18. The minimum absolute atomic E-state index is 0.114. The molecule has 4 rings (SSSR count). The molecule has 0 atom stereocenters. The molecule has 31 heavy (non-hydrogen) atoms. The Bertz CT molecular complexity index is 1190. The Kier molecular flexibility index (Phi) is 5.30. The van der Waals surface area contributed by atoms with Gasteiger partial charge in [0, 0.05) is 43.7 Å². The molecule has 1 saturated heterocycles. The van der Waals surface area contributed by atoms with Gasteiger partial charge in [-0.2, -0.15) is 27.1 Å². The van der Waals surface area contributed by atoms with Crippen LogP contribution in [-0.4, -0.2) is 53.5 Å². The van der Waals surface area contributed by atoms with Crippen LogP contribution in [0.4, 0.5) is 19.0 Å². The summed E-state index contributed by atoms with van der Waals surface area (Å²) in [4.78, 5) is 5.49. The first-order chi connectivity index (χ1) is 14.4. The van der Waals surface area contributed by atoms with Crippen LogP contribution < -0.4 is 4.90 Å². The predicted octanol–water partition coefficient (Wildman–Crippen LogP) is 3.62. The fourth-order valence-electron chi connectivity index (χ4n) is 3.39. The maximum absolute atomic E-state index is 13.5. The van der Waals surface area contributed by atoms with Gasteiger partial charge in [0.1, 0.15) is 10.0 Å². The zero-order chi connectivity index (χ0) is 22.6. The highest BCUT2D eigenvalue weighted by molar-refractivity contribution is 7.91. The summed E-state index contributed by atoms with van der Waals surface area (Å²) in [7, 11) is -3.60. The summed E-state index contributed by atoms with van der Waals surface area (Å²) in [5, 5.41) is 6.20. The topological polar surface area (TPSA) is 70.8 Å². The molecule has 1 fully saturated rings. The number of hydrogen-bond acceptors (Lipinski definition) is 6. The fourth-order valence-corrected chi connectivity index (χ4v) is 5.96. The van der Waals surface area contributed by atoms with E-state index in [1.165, 1.54) is 8.82 Å². The van der Waals surface area contributed by atoms with Gasteiger partial charge in [-0.25, -0.2) is 13.4 Å². The van der Waals surface area contributed by atoms with Crippen LogP contribution in [0.2, 0.25) is 0 Å². The predicted molar refractivity (Wildman–Crippen MR) is 112 cm³/mol. The molecule has 1 aliphatic heterocycles. The van der Waals surface area contributed by atoms with E-state index in [-0.39, 0.29) is 47.3 Å². The van der Waals surface area contributed by atoms with E-state index >= 15 is 0 Å². The lowest BCUT2D eigenvalue weighted by Crippen LogP contribution is -2.49. The molecule has 3 aromatic rings. The molecule has 0 aliphatic carbocycles. The van der Waals surface area contributed by atoms with Gasteiger partial charge in [-0.1, -0.05) is 26.8 Å². The third kappa shape index (κ3) is 4.15. The standard InChI is InChI=1S/C19H22F3N5O2S2/c1-18(2,3)13-11-15-23-14(19(20,21)22)12-16(27(15)24-13)25-6-8-26(9-7-25)31(28,29)17-5-4-10-30-17/h4-5,10-12H,6-9H2,1-3H3. The second-order valence-corrected chi connectivity index (χ2v) is 11.5. The van der Waals surface area contributed by atoms with Gasteiger partial charge in [0.15, 0.2) is 11.3 Å². The van der Waals surface area contributed by atoms with Crippen molar-refractivity contribution in [2.75, 3.05) is 31.1 Å². The van der Waals surface area contributed by atoms with Gasteiger partial charge in [0.2, 0.25) is 0 Å². The number of thiophene rings is 1. The highest BCUT2D eigenvalue weighted by Gasteiger charge is 2.36. The van der Waals surface area contributed by atoms with Gasteiger partial charge in [0.25, 0.3) is 10.0 Å². The zero-order valence-corrected chi connectivity index (χ0v) is 18.9. The first-order valence-electron chi connectivity index (χ1n) is 9.64. The van der Waals surface area contributed by atoms with Crippen LogP contribution in [0.3, 0.4) is 0 Å². The maximum atomic E-state index is 13.5. The van der Waals surface area contributed by atoms with Crippen molar-refractivity contribution in [2.24, 2.45) is 0 Å². The molecule has 4 heterocycles. The zero-order valence-electron chi connectivity index (χ0n) is 17.2. The number of piperazine rings is 1. The average Bonchev–Trinajstić information content (AvgIpc) is 3.36. The van der Waals surface area contributed by atoms with Crippen LogP contribution in [-0.2, 0) is 21.6 Å². The average molecular weight is 474 g/mol. The Morgan fingerprint density at radius 1 is 1.03 bits per heavy atom. The summed E-state index contributed by atoms with van der Waals surface area (Å²) >= 11 is 1.14. The first-order valence-corrected chi connectivity index (χ1v) is 12.0. The molecule has 0 radical (unpaired) electrons. The molecule has 7 nitrogen and oxygen atoms in total. The lowest BCUT2D eigenvalue weighted by Gasteiger charge is -2.35. The molecule has 1 aliphatic rings. The van der Waals surface area contributed by atoms with Crippen molar-refractivity contribution in [2.45, 2.75) is 36.6 Å². The number of rotatable bonds is 3. The van der Waals surface area contributed by atoms with Crippen LogP contribution in [0.1, 0.15) is 32.2 Å². The van der Waals surface area contributed by atoms with Crippen molar-refractivity contribution in [1.82, 2.24) is 18.9 Å². The van der Waals surface area contributed by atoms with Crippen molar-refractivity contribution in [3.8, 4) is 0 Å². The molecule has 0 spiro atoms. The second-order valence-electron chi connectivity index (χ2n) is 8.37. The Balaban J connectivity index is 1.68. The molecule has 0 aromatic carbocycles. The van der Waals surface area contributed by atoms with E-state index in [9.17, 15) is 21.6 Å². The van der Waals surface area contributed by atoms with Crippen LogP contribution in [0.15, 0.2) is 33.9 Å². The minimum atomic E-state index is -4.60. The molecule has 0 N–H and O–H groups in total. The Labute approximate surface area is 182 Å². The van der Waals surface area contributed by atoms with Crippen molar-refractivity contribution in [3.05, 3.63) is 41.0 Å². The molecular weight excluding hydrogens is 451 g/mol. The summed E-state index contributed by atoms with van der Waals surface area (Å²) < 4.78 is 69.0. The lowest BCUT2D eigenvalue weighted by molar-refractivity contribution is -0.141. The van der Waals surface area contributed by atoms with Gasteiger partial charge >= 0.3 is 6.18 Å². The van der Waals surface area contributed by atoms with Crippen LogP contribution in [0, 0.1) is 0 Å². The monoisotopic (exact) mass is 473 g/mol. The largest absolute Gasteiger partial charge is 0.433 e. The lowest BCUT2D eigenvalue weighted by atomic mass is 9.93. The summed E-state index contributed by atoms with van der Waals surface area (Å²) in [6.45, 7) is 6.59. The van der Waals surface area contributed by atoms with E-state index < -0.39 is 21.9 Å². The Morgan fingerprint density at radius 3 is 2.26 bits per heavy atom. The SMILES string of the molecule is CC(C)(C)c1cc2nc(C(F)(F)F)cc(N3CCN(S(=O)(=O)c4cccs4)CC3)n2n1. The van der Waals surface area contributed by atoms with E-state index in [2.05, 4.69) is 10.1 Å². The highest BCUT2D eigenvalue weighted by Crippen LogP contribution is 2.33. The minimum Gasteiger partial charge on any atom is -0.354 e. The third-order valence-corrected chi connectivity index (χ3v) is 8.39. The smallest absolute Gasteiger partial charge is 0.354 e. The Morgan fingerprint density at radius 2 is 1.71 bits per heavy atom. The molecule has 168 valence electrons. The van der Waals surface area contributed by atoms with Crippen molar-refractivity contribution in [1.29, 1.82) is 0 Å². The molecule has 0 saturated carbocycles. The van der Waals surface area contributed by atoms with Gasteiger partial charge in [0.05, 0.1) is 5.69 Å². The number of fused-ring (bicyclic) bond motifs is 1. The quantitative estimate of drug-likeness (QED) is 0.581. The summed E-state index contributed by atoms with van der Waals surface area (Å²) in [6.07, 6.45) is -4.60. The summed E-state index contributed by atoms with van der Waals surface area (Å²) in [6, 6.07) is 5.77. The van der Waals surface area contributed by atoms with Crippen molar-refractivity contribution < 1.29 is 21.6 Å². The summed E-state index contributed by atoms with van der Waals surface area (Å²) in [5.41, 5.74) is -0.622. The van der Waals surface area contributed by atoms with Gasteiger partial charge in [-0.15, -0.1) is 11.3 Å². The number of alkyl halides is 3. The van der Waals surface area contributed by atoms with Crippen molar-refractivity contribution in [3.63, 3.8) is 0 Å². The number of hydrogen-bond donors (Lipinski definition) is 0. The molecule has 3 aromatic heterocycles. The van der Waals surface area contributed by atoms with E-state index in [1.54, 1.807) is 28.5 Å². The first kappa shape index (κ1) is 22.0. The number of halogens is 3. The highest BCUT2D eigenvalue weighted by atomic mass is 32.2. The number of anilines is 1. The third-order valence-electron chi connectivity index (χ3n) is 5.12. The number of nitrogens with zero attached hydrogens (tertiary/aromatic N) is 5. The molecule has 12 heteroatoms. The van der Waals surface area contributed by atoms with Gasteiger partial charge < -0.3 is 4.90 Å². The van der Waals surface area contributed by atoms with E-state index in [4.69, 9.17) is 0 Å². The van der Waals surface area contributed by atoms with E-state index in [0.717, 1.165) is 17.4 Å². The normalized spacial score (nSPS) is 16.9. The second kappa shape index (κ2) is 7.45. The van der Waals surface area contributed by atoms with Crippen LogP contribution in [0.25, 0.3) is 5.65 Å². The van der Waals surface area contributed by atoms with E-state index in [0.29, 0.717) is 5.69 Å². The van der Waals surface area contributed by atoms with Gasteiger partial charge in [-0.3, -0.25) is 0 Å². The van der Waals surface area contributed by atoms with Crippen LogP contribution in [0.5, 0.6) is 0 Å². The molecule has 0 unspecified atom stereocenters. The van der Waals surface area contributed by atoms with Crippen molar-refractivity contribution >= 4 is 32.8 Å². The molecular formula is C19H22F3N5O2S2. The fraction of sp³-hybridized carbons (Fsp3) is 0.474. The van der Waals surface area contributed by atoms with Crippen LogP contribution >= 0.6 is 11.3 Å². The number of aromatic nitrogens is 3.